The second-order valence-corrected chi connectivity index (χ2v) is 16.0. The van der Waals surface area contributed by atoms with E-state index in [4.69, 9.17) is 29.4 Å². The highest BCUT2D eigenvalue weighted by atomic mass is 16.5. The molecule has 6 N–H and O–H groups in total. The molecule has 2 aliphatic rings. The van der Waals surface area contributed by atoms with Crippen LogP contribution in [0.25, 0.3) is 55.7 Å². The summed E-state index contributed by atoms with van der Waals surface area (Å²) >= 11 is 0. The van der Waals surface area contributed by atoms with E-state index in [-0.39, 0.29) is 35.7 Å². The van der Waals surface area contributed by atoms with E-state index in [9.17, 15) is 19.2 Å². The number of hydrogen-bond donors (Lipinski definition) is 6. The number of alkyl carbamates (subject to hydrolysis) is 2. The minimum Gasteiger partial charge on any atom is -0.453 e. The van der Waals surface area contributed by atoms with Gasteiger partial charge in [0.2, 0.25) is 11.8 Å². The predicted molar refractivity (Wildman–Crippen MR) is 222 cm³/mol. The summed E-state index contributed by atoms with van der Waals surface area (Å²) in [6, 6.07) is 6.12. The van der Waals surface area contributed by atoms with Crippen LogP contribution in [0.5, 0.6) is 0 Å². The largest absolute Gasteiger partial charge is 0.453 e. The van der Waals surface area contributed by atoms with Crippen LogP contribution in [0.2, 0.25) is 0 Å². The molecule has 4 amide bonds. The van der Waals surface area contributed by atoms with Crippen molar-refractivity contribution >= 4 is 46.1 Å². The molecule has 0 aliphatic carbocycles. The number of hydrogen-bond acceptors (Lipinski definition) is 10. The maximum Gasteiger partial charge on any atom is 0.407 e. The Labute approximate surface area is 345 Å². The molecule has 6 heterocycles. The van der Waals surface area contributed by atoms with Gasteiger partial charge in [-0.25, -0.2) is 29.5 Å². The number of nitrogens with one attached hydrogen (secondary N) is 6. The summed E-state index contributed by atoms with van der Waals surface area (Å²) in [7, 11) is 2.56. The zero-order valence-corrected chi connectivity index (χ0v) is 34.5. The zero-order valence-electron chi connectivity index (χ0n) is 34.5. The third kappa shape index (κ3) is 7.30. The van der Waals surface area contributed by atoms with E-state index >= 15 is 0 Å². The highest BCUT2D eigenvalue weighted by molar-refractivity contribution is 6.07. The van der Waals surface area contributed by atoms with E-state index in [1.165, 1.54) is 14.2 Å². The molecule has 18 nitrogen and oxygen atoms in total. The number of fused-ring (bicyclic) bond motifs is 2. The molecule has 60 heavy (non-hydrogen) atoms. The molecule has 2 fully saturated rings. The third-order valence-corrected chi connectivity index (χ3v) is 11.7. The van der Waals surface area contributed by atoms with Crippen LogP contribution in [0.15, 0.2) is 49.3 Å². The Morgan fingerprint density at radius 2 is 1.03 bits per heavy atom. The van der Waals surface area contributed by atoms with Crippen LogP contribution in [-0.4, -0.2) is 113 Å². The number of amides is 4. The van der Waals surface area contributed by atoms with Gasteiger partial charge in [-0.15, -0.1) is 0 Å². The molecule has 2 saturated heterocycles. The maximum atomic E-state index is 13.7. The molecule has 18 heteroatoms. The molecule has 2 aromatic carbocycles. The first-order chi connectivity index (χ1) is 29.0. The van der Waals surface area contributed by atoms with E-state index < -0.39 is 24.3 Å². The van der Waals surface area contributed by atoms with Gasteiger partial charge in [0.1, 0.15) is 23.7 Å². The van der Waals surface area contributed by atoms with E-state index in [1.54, 1.807) is 34.8 Å². The zero-order chi connectivity index (χ0) is 42.2. The number of carbonyl (C=O) groups is 4. The lowest BCUT2D eigenvalue weighted by Crippen LogP contribution is -2.51. The Balaban J connectivity index is 1.05. The number of methoxy groups -OCH3 is 2. The first-order valence-electron chi connectivity index (χ1n) is 20.3. The van der Waals surface area contributed by atoms with Crippen LogP contribution in [0.3, 0.4) is 0 Å². The number of likely N-dealkylation sites (tertiary alicyclic amines) is 2. The van der Waals surface area contributed by atoms with E-state index in [2.05, 4.69) is 30.6 Å². The molecule has 0 radical (unpaired) electrons. The van der Waals surface area contributed by atoms with Crippen LogP contribution in [-0.2, 0) is 19.1 Å². The average Bonchev–Trinajstić information content (AvgIpc) is 4.10. The summed E-state index contributed by atoms with van der Waals surface area (Å²) in [6.45, 7) is 8.68. The van der Waals surface area contributed by atoms with Crippen molar-refractivity contribution in [2.45, 2.75) is 77.5 Å². The normalized spacial score (nSPS) is 17.8. The number of carbonyl (C=O) groups excluding carboxylic acids is 4. The number of H-pyrrole nitrogens is 4. The standard InChI is InChI=1S/C42H50N12O6/c1-21(2)31(51-41(57)59-5)39(55)53-15-7-9-29(53)37-43-17-27(49-37)25-13-11-23(33-35(25)47-19-45-33)24-12-14-26(36-34(24)46-20-48-36)28-18-44-38(50-28)30-10-8-16-54(30)40(56)32(22(3)4)52-42(58)60-6/h11-14,17-22,29-32H,7-10,15-16H2,1-6H3,(H,43,49)(H,44,50)(H,45,47)(H,46,48)(H,51,57)(H,52,58)/t29-,30-,31-,32-/m0/s1. The molecule has 8 rings (SSSR count). The second kappa shape index (κ2) is 16.5. The number of aromatic nitrogens is 8. The number of ether oxygens (including phenoxy) is 2. The minimum absolute atomic E-state index is 0.136. The van der Waals surface area contributed by atoms with Crippen molar-refractivity contribution < 1.29 is 28.7 Å². The van der Waals surface area contributed by atoms with Gasteiger partial charge < -0.3 is 49.8 Å². The smallest absolute Gasteiger partial charge is 0.407 e. The molecule has 0 saturated carbocycles. The van der Waals surface area contributed by atoms with Crippen LogP contribution in [0, 0.1) is 11.8 Å². The molecular formula is C42H50N12O6. The van der Waals surface area contributed by atoms with Gasteiger partial charge in [-0.2, -0.15) is 0 Å². The summed E-state index contributed by atoms with van der Waals surface area (Å²) in [4.78, 5) is 87.7. The minimum atomic E-state index is -0.724. The fourth-order valence-electron chi connectivity index (χ4n) is 8.62. The lowest BCUT2D eigenvalue weighted by Gasteiger charge is -2.30. The Kier molecular flexibility index (Phi) is 11.0. The maximum absolute atomic E-state index is 13.7. The van der Waals surface area contributed by atoms with E-state index in [1.807, 2.05) is 52.0 Å². The van der Waals surface area contributed by atoms with Gasteiger partial charge in [-0.1, -0.05) is 39.8 Å². The topological polar surface area (TPSA) is 232 Å². The predicted octanol–water partition coefficient (Wildman–Crippen LogP) is 5.97. The summed E-state index contributed by atoms with van der Waals surface area (Å²) in [6.07, 6.45) is 8.70. The van der Waals surface area contributed by atoms with Crippen LogP contribution >= 0.6 is 0 Å². The molecule has 4 aromatic heterocycles. The first kappa shape index (κ1) is 40.1. The van der Waals surface area contributed by atoms with Crippen molar-refractivity contribution in [2.24, 2.45) is 11.8 Å². The number of benzene rings is 2. The SMILES string of the molecule is COC(=O)N[C@H](C(=O)N1CCC[C@H]1c1ncc(-c2ccc(-c3ccc(-c4cnc([C@@H]5CCCN5C(=O)[C@@H](NC(=O)OC)C(C)C)[nH]4)c4nc[nH]c34)c3[nH]cnc23)[nH]1)C(C)C. The fraction of sp³-hybridized carbons (Fsp3) is 0.429. The van der Waals surface area contributed by atoms with Crippen LogP contribution in [0.1, 0.15) is 77.1 Å². The van der Waals surface area contributed by atoms with Crippen molar-refractivity contribution in [1.82, 2.24) is 60.3 Å². The highest BCUT2D eigenvalue weighted by Crippen LogP contribution is 2.40. The van der Waals surface area contributed by atoms with Gasteiger partial charge >= 0.3 is 12.2 Å². The lowest BCUT2D eigenvalue weighted by atomic mass is 9.97. The third-order valence-electron chi connectivity index (χ3n) is 11.7. The average molecular weight is 819 g/mol. The number of aromatic amines is 4. The molecule has 0 spiro atoms. The Morgan fingerprint density at radius 1 is 0.633 bits per heavy atom. The monoisotopic (exact) mass is 818 g/mol. The highest BCUT2D eigenvalue weighted by Gasteiger charge is 2.39. The van der Waals surface area contributed by atoms with Crippen molar-refractivity contribution in [2.75, 3.05) is 27.3 Å². The lowest BCUT2D eigenvalue weighted by molar-refractivity contribution is -0.136. The molecule has 6 aromatic rings. The number of nitrogens with zero attached hydrogens (tertiary/aromatic N) is 6. The second-order valence-electron chi connectivity index (χ2n) is 16.0. The molecule has 0 unspecified atom stereocenters. The van der Waals surface area contributed by atoms with Crippen molar-refractivity contribution in [3.8, 4) is 33.6 Å². The molecule has 4 atom stereocenters. The fourth-order valence-corrected chi connectivity index (χ4v) is 8.62. The van der Waals surface area contributed by atoms with Crippen LogP contribution in [0.4, 0.5) is 9.59 Å². The summed E-state index contributed by atoms with van der Waals surface area (Å²) in [5, 5.41) is 5.40. The van der Waals surface area contributed by atoms with Crippen molar-refractivity contribution in [3.63, 3.8) is 0 Å². The van der Waals surface area contributed by atoms with Crippen LogP contribution < -0.4 is 10.6 Å². The quantitative estimate of drug-likeness (QED) is 0.0896. The summed E-state index contributed by atoms with van der Waals surface area (Å²) in [5.41, 5.74) is 8.21. The molecule has 2 aliphatic heterocycles. The molecular weight excluding hydrogens is 769 g/mol. The van der Waals surface area contributed by atoms with E-state index in [0.29, 0.717) is 24.7 Å². The van der Waals surface area contributed by atoms with E-state index in [0.717, 1.165) is 81.4 Å². The summed E-state index contributed by atoms with van der Waals surface area (Å²) in [5.74, 6) is 0.731. The molecule has 314 valence electrons. The first-order valence-corrected chi connectivity index (χ1v) is 20.3. The van der Waals surface area contributed by atoms with Crippen molar-refractivity contribution in [3.05, 3.63) is 61.0 Å². The Bertz CT molecular complexity index is 2380. The van der Waals surface area contributed by atoms with Gasteiger partial charge in [0, 0.05) is 35.3 Å². The van der Waals surface area contributed by atoms with Gasteiger partial charge in [-0.05, 0) is 49.7 Å². The van der Waals surface area contributed by atoms with Gasteiger partial charge in [-0.3, -0.25) is 9.59 Å². The van der Waals surface area contributed by atoms with Gasteiger partial charge in [0.25, 0.3) is 0 Å². The van der Waals surface area contributed by atoms with Gasteiger partial charge in [0.05, 0.1) is 84.8 Å². The molecule has 0 bridgehead atoms. The number of imidazole rings is 4. The number of rotatable bonds is 11. The van der Waals surface area contributed by atoms with Crippen molar-refractivity contribution in [1.29, 1.82) is 0 Å². The summed E-state index contributed by atoms with van der Waals surface area (Å²) < 4.78 is 9.56. The Hall–Kier alpha value is -6.72. The van der Waals surface area contributed by atoms with Gasteiger partial charge in [0.15, 0.2) is 0 Å². The Morgan fingerprint density at radius 3 is 1.42 bits per heavy atom.